The number of ether oxygens (including phenoxy) is 1. The van der Waals surface area contributed by atoms with E-state index in [-0.39, 0.29) is 5.69 Å². The molecule has 3 rings (SSSR count). The van der Waals surface area contributed by atoms with Crippen molar-refractivity contribution < 1.29 is 14.6 Å². The average molecular weight is 321 g/mol. The van der Waals surface area contributed by atoms with Gasteiger partial charge in [0.15, 0.2) is 5.69 Å². The van der Waals surface area contributed by atoms with E-state index in [0.29, 0.717) is 16.5 Å². The lowest BCUT2D eigenvalue weighted by Gasteiger charge is -2.21. The van der Waals surface area contributed by atoms with Crippen LogP contribution in [-0.2, 0) is 19.9 Å². The molecule has 0 fully saturated rings. The number of carbonyl (C=O) groups is 1. The molecule has 0 aliphatic heterocycles. The predicted octanol–water partition coefficient (Wildman–Crippen LogP) is 3.33. The number of aryl methyl sites for hydroxylation is 2. The standard InChI is InChI=1S/C16H17ClN2O3/c1-19-13(8-12(18-19)16(20)21)11-7-9-5-3-4-6-10(9)14(17)15(11)22-2/h7-8H,3-6H2,1-2H3,(H,20,21). The second kappa shape index (κ2) is 5.65. The van der Waals surface area contributed by atoms with Gasteiger partial charge in [-0.1, -0.05) is 11.6 Å². The molecule has 0 unspecified atom stereocenters. The van der Waals surface area contributed by atoms with Gasteiger partial charge in [-0.05, 0) is 48.9 Å². The Morgan fingerprint density at radius 1 is 1.36 bits per heavy atom. The fourth-order valence-corrected chi connectivity index (χ4v) is 3.44. The monoisotopic (exact) mass is 320 g/mol. The summed E-state index contributed by atoms with van der Waals surface area (Å²) in [5.41, 5.74) is 3.84. The molecule has 1 heterocycles. The quantitative estimate of drug-likeness (QED) is 0.942. The summed E-state index contributed by atoms with van der Waals surface area (Å²) < 4.78 is 7.05. The van der Waals surface area contributed by atoms with Crippen LogP contribution in [0.1, 0.15) is 34.5 Å². The molecule has 0 saturated carbocycles. The van der Waals surface area contributed by atoms with E-state index in [9.17, 15) is 4.79 Å². The van der Waals surface area contributed by atoms with E-state index in [1.165, 1.54) is 5.56 Å². The van der Waals surface area contributed by atoms with Gasteiger partial charge in [0.25, 0.3) is 0 Å². The molecular weight excluding hydrogens is 304 g/mol. The van der Waals surface area contributed by atoms with Crippen LogP contribution in [0.2, 0.25) is 5.02 Å². The summed E-state index contributed by atoms with van der Waals surface area (Å²) in [6, 6.07) is 3.60. The molecule has 0 radical (unpaired) electrons. The molecule has 1 aliphatic rings. The van der Waals surface area contributed by atoms with E-state index in [1.807, 2.05) is 0 Å². The number of carboxylic acids is 1. The number of fused-ring (bicyclic) bond motifs is 1. The highest BCUT2D eigenvalue weighted by molar-refractivity contribution is 6.33. The average Bonchev–Trinajstić information content (AvgIpc) is 2.89. The third-order valence-corrected chi connectivity index (χ3v) is 4.52. The molecule has 6 heteroatoms. The zero-order valence-electron chi connectivity index (χ0n) is 12.5. The first kappa shape index (κ1) is 14.9. The number of rotatable bonds is 3. The highest BCUT2D eigenvalue weighted by Crippen LogP contribution is 2.42. The van der Waals surface area contributed by atoms with Crippen molar-refractivity contribution in [1.82, 2.24) is 9.78 Å². The first-order valence-corrected chi connectivity index (χ1v) is 7.56. The van der Waals surface area contributed by atoms with E-state index >= 15 is 0 Å². The van der Waals surface area contributed by atoms with Crippen LogP contribution in [0.3, 0.4) is 0 Å². The van der Waals surface area contributed by atoms with E-state index in [4.69, 9.17) is 21.4 Å². The lowest BCUT2D eigenvalue weighted by atomic mass is 9.89. The van der Waals surface area contributed by atoms with Gasteiger partial charge in [-0.2, -0.15) is 5.10 Å². The lowest BCUT2D eigenvalue weighted by Crippen LogP contribution is -2.06. The summed E-state index contributed by atoms with van der Waals surface area (Å²) >= 11 is 6.53. The molecule has 1 N–H and O–H groups in total. The van der Waals surface area contributed by atoms with Crippen molar-refractivity contribution in [1.29, 1.82) is 0 Å². The van der Waals surface area contributed by atoms with E-state index in [0.717, 1.165) is 36.8 Å². The molecular formula is C16H17ClN2O3. The van der Waals surface area contributed by atoms with Gasteiger partial charge in [0.2, 0.25) is 0 Å². The smallest absolute Gasteiger partial charge is 0.356 e. The van der Waals surface area contributed by atoms with Crippen molar-refractivity contribution >= 4 is 17.6 Å². The van der Waals surface area contributed by atoms with Crippen LogP contribution in [-0.4, -0.2) is 28.0 Å². The molecule has 116 valence electrons. The molecule has 5 nitrogen and oxygen atoms in total. The van der Waals surface area contributed by atoms with Crippen molar-refractivity contribution in [2.45, 2.75) is 25.7 Å². The summed E-state index contributed by atoms with van der Waals surface area (Å²) in [6.45, 7) is 0. The minimum absolute atomic E-state index is 0.00777. The van der Waals surface area contributed by atoms with E-state index < -0.39 is 5.97 Å². The Morgan fingerprint density at radius 2 is 2.09 bits per heavy atom. The number of methoxy groups -OCH3 is 1. The first-order chi connectivity index (χ1) is 10.5. The normalized spacial score (nSPS) is 13.8. The van der Waals surface area contributed by atoms with Gasteiger partial charge in [0.05, 0.1) is 17.8 Å². The number of carboxylic acid groups (broad SMARTS) is 1. The fraction of sp³-hybridized carbons (Fsp3) is 0.375. The summed E-state index contributed by atoms with van der Waals surface area (Å²) in [4.78, 5) is 11.1. The molecule has 1 aromatic carbocycles. The van der Waals surface area contributed by atoms with Gasteiger partial charge < -0.3 is 9.84 Å². The van der Waals surface area contributed by atoms with E-state index in [2.05, 4.69) is 11.2 Å². The van der Waals surface area contributed by atoms with Crippen LogP contribution < -0.4 is 4.74 Å². The molecule has 0 bridgehead atoms. The summed E-state index contributed by atoms with van der Waals surface area (Å²) in [7, 11) is 3.29. The Balaban J connectivity index is 2.22. The Hall–Kier alpha value is -2.01. The number of nitrogens with zero attached hydrogens (tertiary/aromatic N) is 2. The number of aromatic nitrogens is 2. The molecule has 1 aromatic heterocycles. The van der Waals surface area contributed by atoms with Crippen molar-refractivity contribution in [3.8, 4) is 17.0 Å². The molecule has 1 aliphatic carbocycles. The number of hydrogen-bond donors (Lipinski definition) is 1. The fourth-order valence-electron chi connectivity index (χ4n) is 3.05. The maximum atomic E-state index is 11.1. The maximum absolute atomic E-state index is 11.1. The van der Waals surface area contributed by atoms with Crippen LogP contribution in [0.5, 0.6) is 5.75 Å². The van der Waals surface area contributed by atoms with Gasteiger partial charge in [-0.3, -0.25) is 4.68 Å². The Morgan fingerprint density at radius 3 is 2.73 bits per heavy atom. The molecule has 2 aromatic rings. The van der Waals surface area contributed by atoms with Gasteiger partial charge >= 0.3 is 5.97 Å². The Labute approximate surface area is 133 Å². The number of benzene rings is 1. The highest BCUT2D eigenvalue weighted by atomic mass is 35.5. The van der Waals surface area contributed by atoms with Gasteiger partial charge in [-0.25, -0.2) is 4.79 Å². The largest absolute Gasteiger partial charge is 0.494 e. The van der Waals surface area contributed by atoms with Crippen LogP contribution in [0.4, 0.5) is 0 Å². The van der Waals surface area contributed by atoms with Crippen molar-refractivity contribution in [2.24, 2.45) is 7.05 Å². The summed E-state index contributed by atoms with van der Waals surface area (Å²) in [5.74, 6) is -0.466. The lowest BCUT2D eigenvalue weighted by molar-refractivity contribution is 0.0689. The summed E-state index contributed by atoms with van der Waals surface area (Å²) in [5, 5.41) is 13.8. The van der Waals surface area contributed by atoms with Crippen LogP contribution in [0.25, 0.3) is 11.3 Å². The van der Waals surface area contributed by atoms with Crippen molar-refractivity contribution in [3.63, 3.8) is 0 Å². The van der Waals surface area contributed by atoms with Crippen LogP contribution in [0.15, 0.2) is 12.1 Å². The molecule has 0 amide bonds. The SMILES string of the molecule is COc1c(-c2cc(C(=O)O)nn2C)cc2c(c1Cl)CCCC2. The molecule has 22 heavy (non-hydrogen) atoms. The third kappa shape index (κ3) is 2.35. The Kier molecular flexibility index (Phi) is 3.83. The topological polar surface area (TPSA) is 64.3 Å². The van der Waals surface area contributed by atoms with Gasteiger partial charge in [-0.15, -0.1) is 0 Å². The number of halogens is 1. The molecule has 0 saturated heterocycles. The molecule has 0 spiro atoms. The van der Waals surface area contributed by atoms with Gasteiger partial charge in [0.1, 0.15) is 5.75 Å². The molecule has 0 atom stereocenters. The zero-order chi connectivity index (χ0) is 15.9. The Bertz CT molecular complexity index is 752. The predicted molar refractivity (Wildman–Crippen MR) is 83.8 cm³/mol. The first-order valence-electron chi connectivity index (χ1n) is 7.19. The number of aromatic carboxylic acids is 1. The second-order valence-electron chi connectivity index (χ2n) is 5.46. The third-order valence-electron chi connectivity index (χ3n) is 4.12. The van der Waals surface area contributed by atoms with Gasteiger partial charge in [0, 0.05) is 12.6 Å². The number of hydrogen-bond acceptors (Lipinski definition) is 3. The summed E-state index contributed by atoms with van der Waals surface area (Å²) in [6.07, 6.45) is 4.21. The minimum Gasteiger partial charge on any atom is -0.494 e. The van der Waals surface area contributed by atoms with Crippen molar-refractivity contribution in [2.75, 3.05) is 7.11 Å². The van der Waals surface area contributed by atoms with E-state index in [1.54, 1.807) is 24.9 Å². The van der Waals surface area contributed by atoms with Crippen LogP contribution >= 0.6 is 11.6 Å². The zero-order valence-corrected chi connectivity index (χ0v) is 13.3. The minimum atomic E-state index is -1.05. The maximum Gasteiger partial charge on any atom is 0.356 e. The second-order valence-corrected chi connectivity index (χ2v) is 5.84. The van der Waals surface area contributed by atoms with Crippen molar-refractivity contribution in [3.05, 3.63) is 34.0 Å². The van der Waals surface area contributed by atoms with Crippen LogP contribution in [0, 0.1) is 0 Å². The highest BCUT2D eigenvalue weighted by Gasteiger charge is 2.23.